The van der Waals surface area contributed by atoms with E-state index >= 15 is 0 Å². The van der Waals surface area contributed by atoms with Gasteiger partial charge in [-0.25, -0.2) is 0 Å². The SMILES string of the molecule is COC(OC)P(C)(=O)O.[NaH]. The normalized spacial score (nSPS) is 16.1. The summed E-state index contributed by atoms with van der Waals surface area (Å²) < 4.78 is 19.7. The van der Waals surface area contributed by atoms with Crippen molar-refractivity contribution in [2.24, 2.45) is 0 Å². The first-order valence-corrected chi connectivity index (χ1v) is 4.55. The van der Waals surface area contributed by atoms with Gasteiger partial charge in [0.25, 0.3) is 7.37 Å². The average molecular weight is 178 g/mol. The molecule has 0 saturated carbocycles. The first-order chi connectivity index (χ1) is 4.02. The minimum atomic E-state index is -3.22. The molecule has 0 aliphatic carbocycles. The van der Waals surface area contributed by atoms with Crippen LogP contribution in [0.25, 0.3) is 0 Å². The van der Waals surface area contributed by atoms with Crippen molar-refractivity contribution in [3.05, 3.63) is 0 Å². The molecule has 10 heavy (non-hydrogen) atoms. The fraction of sp³-hybridized carbons (Fsp3) is 1.00. The van der Waals surface area contributed by atoms with Gasteiger partial charge in [0.05, 0.1) is 0 Å². The van der Waals surface area contributed by atoms with Crippen LogP contribution in [0.3, 0.4) is 0 Å². The quantitative estimate of drug-likeness (QED) is 0.370. The predicted octanol–water partition coefficient (Wildman–Crippen LogP) is -0.186. The van der Waals surface area contributed by atoms with Gasteiger partial charge in [-0.1, -0.05) is 0 Å². The summed E-state index contributed by atoms with van der Waals surface area (Å²) >= 11 is 0. The van der Waals surface area contributed by atoms with Crippen LogP contribution in [0.1, 0.15) is 0 Å². The molecule has 1 unspecified atom stereocenters. The Morgan fingerprint density at radius 3 is 1.70 bits per heavy atom. The molecule has 0 spiro atoms. The molecule has 0 aromatic carbocycles. The molecule has 0 saturated heterocycles. The van der Waals surface area contributed by atoms with Crippen LogP contribution in [0.2, 0.25) is 0 Å². The summed E-state index contributed by atoms with van der Waals surface area (Å²) in [6.07, 6.45) is 0. The Morgan fingerprint density at radius 1 is 1.40 bits per heavy atom. The monoisotopic (exact) mass is 178 g/mol. The maximum absolute atomic E-state index is 10.7. The van der Waals surface area contributed by atoms with Gasteiger partial charge in [-0.3, -0.25) is 4.57 Å². The van der Waals surface area contributed by atoms with Crippen molar-refractivity contribution in [3.63, 3.8) is 0 Å². The van der Waals surface area contributed by atoms with Gasteiger partial charge in [0.1, 0.15) is 0 Å². The predicted molar refractivity (Wildman–Crippen MR) is 40.7 cm³/mol. The third-order valence-corrected chi connectivity index (χ3v) is 2.00. The van der Waals surface area contributed by atoms with Gasteiger partial charge in [-0.05, 0) is 0 Å². The second-order valence-electron chi connectivity index (χ2n) is 1.72. The fourth-order valence-electron chi connectivity index (χ4n) is 0.487. The summed E-state index contributed by atoms with van der Waals surface area (Å²) in [7, 11) is -0.580. The molecular weight excluding hydrogens is 166 g/mol. The van der Waals surface area contributed by atoms with Crippen molar-refractivity contribution in [1.29, 1.82) is 0 Å². The third-order valence-electron chi connectivity index (χ3n) is 0.794. The molecule has 0 aliphatic heterocycles. The molecule has 0 heterocycles. The fourth-order valence-corrected chi connectivity index (χ4v) is 1.27. The van der Waals surface area contributed by atoms with Crippen LogP contribution in [0.15, 0.2) is 0 Å². The summed E-state index contributed by atoms with van der Waals surface area (Å²) in [5, 5.41) is 0. The van der Waals surface area contributed by atoms with E-state index in [1.807, 2.05) is 0 Å². The summed E-state index contributed by atoms with van der Waals surface area (Å²) in [5.74, 6) is 0. The molecular formula is C4H12NaO4P. The molecule has 0 aliphatic rings. The van der Waals surface area contributed by atoms with E-state index in [1.54, 1.807) is 0 Å². The van der Waals surface area contributed by atoms with Crippen LogP contribution in [0.5, 0.6) is 0 Å². The van der Waals surface area contributed by atoms with Crippen molar-refractivity contribution >= 4 is 36.9 Å². The number of rotatable bonds is 3. The second-order valence-corrected chi connectivity index (χ2v) is 4.03. The van der Waals surface area contributed by atoms with E-state index in [0.29, 0.717) is 0 Å². The van der Waals surface area contributed by atoms with Crippen molar-refractivity contribution < 1.29 is 18.9 Å². The molecule has 1 atom stereocenters. The van der Waals surface area contributed by atoms with Crippen LogP contribution in [0.4, 0.5) is 0 Å². The molecule has 58 valence electrons. The average Bonchev–Trinajstić information content (AvgIpc) is 1.65. The van der Waals surface area contributed by atoms with Gasteiger partial charge >= 0.3 is 29.6 Å². The van der Waals surface area contributed by atoms with Crippen LogP contribution in [0, 0.1) is 0 Å². The van der Waals surface area contributed by atoms with E-state index in [2.05, 4.69) is 9.47 Å². The van der Waals surface area contributed by atoms with E-state index < -0.39 is 13.4 Å². The Labute approximate surface area is 82.6 Å². The van der Waals surface area contributed by atoms with E-state index in [0.717, 1.165) is 0 Å². The van der Waals surface area contributed by atoms with E-state index in [-0.39, 0.29) is 29.6 Å². The standard InChI is InChI=1S/C4H11O4P.Na.H/c1-7-4(8-2)9(3,5)6;;/h4H,1-3H3,(H,5,6);;. The molecule has 6 heteroatoms. The Kier molecular flexibility index (Phi) is 7.83. The summed E-state index contributed by atoms with van der Waals surface area (Å²) in [6.45, 7) is 1.19. The van der Waals surface area contributed by atoms with E-state index in [9.17, 15) is 4.57 Å². The van der Waals surface area contributed by atoms with Crippen molar-refractivity contribution in [2.45, 2.75) is 6.03 Å². The number of ether oxygens (including phenoxy) is 2. The molecule has 1 N–H and O–H groups in total. The molecule has 0 aromatic rings. The zero-order valence-corrected chi connectivity index (χ0v) is 6.59. The Hall–Kier alpha value is 1.11. The Morgan fingerprint density at radius 2 is 1.70 bits per heavy atom. The second kappa shape index (κ2) is 5.72. The maximum atomic E-state index is 10.7. The minimum absolute atomic E-state index is 0. The zero-order valence-electron chi connectivity index (χ0n) is 5.70. The first kappa shape index (κ1) is 13.7. The summed E-state index contributed by atoms with van der Waals surface area (Å²) in [5.41, 5.74) is 0. The molecule has 0 radical (unpaired) electrons. The topological polar surface area (TPSA) is 55.8 Å². The molecule has 0 amide bonds. The van der Waals surface area contributed by atoms with Crippen LogP contribution < -0.4 is 0 Å². The van der Waals surface area contributed by atoms with Crippen LogP contribution >= 0.6 is 7.37 Å². The summed E-state index contributed by atoms with van der Waals surface area (Å²) in [4.78, 5) is 8.78. The molecule has 0 bridgehead atoms. The molecule has 4 nitrogen and oxygen atoms in total. The van der Waals surface area contributed by atoms with Gasteiger partial charge in [0.15, 0.2) is 0 Å². The van der Waals surface area contributed by atoms with E-state index in [4.69, 9.17) is 4.89 Å². The van der Waals surface area contributed by atoms with Crippen molar-refractivity contribution in [1.82, 2.24) is 0 Å². The van der Waals surface area contributed by atoms with Gasteiger partial charge in [-0.15, -0.1) is 0 Å². The van der Waals surface area contributed by atoms with Gasteiger partial charge in [0, 0.05) is 20.9 Å². The summed E-state index contributed by atoms with van der Waals surface area (Å²) in [6, 6.07) is -0.988. The first-order valence-electron chi connectivity index (χ1n) is 2.38. The Bertz CT molecular complexity index is 118. The Balaban J connectivity index is 0. The van der Waals surface area contributed by atoms with Gasteiger partial charge < -0.3 is 14.4 Å². The van der Waals surface area contributed by atoms with Crippen LogP contribution in [-0.4, -0.2) is 61.4 Å². The van der Waals surface area contributed by atoms with Gasteiger partial charge in [0.2, 0.25) is 6.03 Å². The number of methoxy groups -OCH3 is 2. The van der Waals surface area contributed by atoms with E-state index in [1.165, 1.54) is 20.9 Å². The number of hydrogen-bond donors (Lipinski definition) is 1. The van der Waals surface area contributed by atoms with Gasteiger partial charge in [-0.2, -0.15) is 0 Å². The van der Waals surface area contributed by atoms with Crippen molar-refractivity contribution in [3.8, 4) is 0 Å². The molecule has 0 fully saturated rings. The number of hydrogen-bond acceptors (Lipinski definition) is 3. The third kappa shape index (κ3) is 4.85. The zero-order chi connectivity index (χ0) is 7.49. The van der Waals surface area contributed by atoms with Crippen molar-refractivity contribution in [2.75, 3.05) is 20.9 Å². The van der Waals surface area contributed by atoms with Crippen LogP contribution in [-0.2, 0) is 14.0 Å². The molecule has 0 rings (SSSR count). The molecule has 0 aromatic heterocycles.